The van der Waals surface area contributed by atoms with Crippen molar-refractivity contribution in [1.82, 2.24) is 5.32 Å². The van der Waals surface area contributed by atoms with Crippen LogP contribution in [0.3, 0.4) is 0 Å². The fourth-order valence-corrected chi connectivity index (χ4v) is 1.91. The van der Waals surface area contributed by atoms with Crippen LogP contribution in [0, 0.1) is 16.7 Å². The van der Waals surface area contributed by atoms with Crippen LogP contribution in [0.1, 0.15) is 38.8 Å². The van der Waals surface area contributed by atoms with Gasteiger partial charge in [-0.3, -0.25) is 5.32 Å². The summed E-state index contributed by atoms with van der Waals surface area (Å²) in [5.41, 5.74) is -0.950. The predicted molar refractivity (Wildman–Crippen MR) is 71.8 cm³/mol. The Morgan fingerprint density at radius 2 is 1.75 bits per heavy atom. The monoisotopic (exact) mass is 284 g/mol. The van der Waals surface area contributed by atoms with E-state index in [2.05, 4.69) is 5.32 Å². The Morgan fingerprint density at radius 1 is 1.20 bits per heavy atom. The number of hydrogen-bond acceptors (Lipinski definition) is 2. The molecular formula is C15H19F3N2. The smallest absolute Gasteiger partial charge is 0.295 e. The van der Waals surface area contributed by atoms with Crippen molar-refractivity contribution < 1.29 is 13.2 Å². The van der Waals surface area contributed by atoms with E-state index in [1.807, 2.05) is 43.3 Å². The van der Waals surface area contributed by atoms with E-state index >= 15 is 0 Å². The lowest BCUT2D eigenvalue weighted by Gasteiger charge is -2.30. The van der Waals surface area contributed by atoms with Crippen molar-refractivity contribution in [2.24, 2.45) is 5.41 Å². The van der Waals surface area contributed by atoms with Crippen molar-refractivity contribution >= 4 is 0 Å². The molecule has 1 N–H and O–H groups in total. The first-order valence-electron chi connectivity index (χ1n) is 6.45. The summed E-state index contributed by atoms with van der Waals surface area (Å²) in [4.78, 5) is 0. The van der Waals surface area contributed by atoms with Crippen molar-refractivity contribution in [3.8, 4) is 6.07 Å². The van der Waals surface area contributed by atoms with Gasteiger partial charge in [0.15, 0.2) is 0 Å². The van der Waals surface area contributed by atoms with Gasteiger partial charge in [-0.25, -0.2) is 0 Å². The highest BCUT2D eigenvalue weighted by molar-refractivity contribution is 5.18. The topological polar surface area (TPSA) is 35.8 Å². The summed E-state index contributed by atoms with van der Waals surface area (Å²) in [6, 6.07) is 10.2. The molecule has 0 bridgehead atoms. The Kier molecular flexibility index (Phi) is 5.18. The van der Waals surface area contributed by atoms with Gasteiger partial charge in [0.1, 0.15) is 0 Å². The van der Waals surface area contributed by atoms with Crippen LogP contribution >= 0.6 is 0 Å². The lowest BCUT2D eigenvalue weighted by Crippen LogP contribution is -2.40. The maximum absolute atomic E-state index is 12.9. The Balaban J connectivity index is 2.72. The Morgan fingerprint density at radius 3 is 2.20 bits per heavy atom. The van der Waals surface area contributed by atoms with Gasteiger partial charge in [0.25, 0.3) is 0 Å². The number of alkyl halides is 3. The summed E-state index contributed by atoms with van der Waals surface area (Å²) in [5.74, 6) is 0. The molecule has 2 nitrogen and oxygen atoms in total. The number of rotatable bonds is 5. The molecule has 1 aromatic rings. The van der Waals surface area contributed by atoms with E-state index in [4.69, 9.17) is 5.26 Å². The molecule has 0 aromatic heterocycles. The number of nitriles is 1. The second-order valence-electron chi connectivity index (χ2n) is 5.57. The van der Waals surface area contributed by atoms with Gasteiger partial charge in [0.2, 0.25) is 0 Å². The van der Waals surface area contributed by atoms with E-state index < -0.39 is 17.6 Å². The fraction of sp³-hybridized carbons (Fsp3) is 0.533. The van der Waals surface area contributed by atoms with E-state index in [-0.39, 0.29) is 12.5 Å². The van der Waals surface area contributed by atoms with E-state index in [0.717, 1.165) is 19.4 Å². The number of nitrogens with zero attached hydrogens (tertiary/aromatic N) is 1. The third kappa shape index (κ3) is 4.24. The molecule has 0 aliphatic heterocycles. The normalized spacial score (nSPS) is 15.4. The van der Waals surface area contributed by atoms with Gasteiger partial charge in [-0.15, -0.1) is 0 Å². The fourth-order valence-electron chi connectivity index (χ4n) is 1.91. The van der Waals surface area contributed by atoms with Gasteiger partial charge in [-0.2, -0.15) is 18.4 Å². The van der Waals surface area contributed by atoms with Crippen molar-refractivity contribution in [3.05, 3.63) is 35.9 Å². The van der Waals surface area contributed by atoms with Crippen LogP contribution in [-0.4, -0.2) is 12.2 Å². The van der Waals surface area contributed by atoms with Crippen LogP contribution in [0.25, 0.3) is 0 Å². The van der Waals surface area contributed by atoms with Gasteiger partial charge in [-0.05, 0) is 18.9 Å². The molecule has 0 amide bonds. The van der Waals surface area contributed by atoms with Crippen LogP contribution in [0.2, 0.25) is 0 Å². The van der Waals surface area contributed by atoms with Crippen molar-refractivity contribution in [2.75, 3.05) is 0 Å². The number of nitrogens with one attached hydrogen (secondary N) is 1. The first-order chi connectivity index (χ1) is 9.17. The van der Waals surface area contributed by atoms with Crippen LogP contribution in [0.4, 0.5) is 13.2 Å². The highest BCUT2D eigenvalue weighted by atomic mass is 19.4. The summed E-state index contributed by atoms with van der Waals surface area (Å²) in [6.45, 7) is 4.07. The molecule has 110 valence electrons. The highest BCUT2D eigenvalue weighted by Crippen LogP contribution is 2.41. The maximum atomic E-state index is 12.9. The third-order valence-corrected chi connectivity index (χ3v) is 3.39. The van der Waals surface area contributed by atoms with E-state index in [1.165, 1.54) is 0 Å². The van der Waals surface area contributed by atoms with Crippen molar-refractivity contribution in [3.63, 3.8) is 0 Å². The minimum atomic E-state index is -4.32. The molecule has 0 saturated carbocycles. The molecule has 20 heavy (non-hydrogen) atoms. The number of hydrogen-bond donors (Lipinski definition) is 1. The molecule has 1 rings (SSSR count). The summed E-state index contributed by atoms with van der Waals surface area (Å²) >= 11 is 0. The van der Waals surface area contributed by atoms with Gasteiger partial charge in [0.05, 0.1) is 17.5 Å². The van der Waals surface area contributed by atoms with Gasteiger partial charge >= 0.3 is 6.18 Å². The van der Waals surface area contributed by atoms with E-state index in [9.17, 15) is 13.2 Å². The van der Waals surface area contributed by atoms with E-state index in [1.54, 1.807) is 0 Å². The lowest BCUT2D eigenvalue weighted by molar-refractivity contribution is -0.214. The zero-order valence-corrected chi connectivity index (χ0v) is 11.8. The minimum absolute atomic E-state index is 0.176. The zero-order valence-electron chi connectivity index (χ0n) is 11.8. The quantitative estimate of drug-likeness (QED) is 0.879. The first-order valence-corrected chi connectivity index (χ1v) is 6.45. The van der Waals surface area contributed by atoms with Gasteiger partial charge < -0.3 is 0 Å². The standard InChI is InChI=1S/C15H19F3N2/c1-11(12-7-5-4-6-8-12)20-13(10-19)9-14(2,3)15(16,17)18/h4-8,11,13,20H,9H2,1-3H3/t11-,13-/m1/s1. The average Bonchev–Trinajstić information content (AvgIpc) is 2.37. The molecule has 0 spiro atoms. The molecule has 0 aliphatic rings. The van der Waals surface area contributed by atoms with Crippen LogP contribution in [0.15, 0.2) is 30.3 Å². The first kappa shape index (κ1) is 16.5. The molecule has 5 heteroatoms. The van der Waals surface area contributed by atoms with E-state index in [0.29, 0.717) is 0 Å². The number of benzene rings is 1. The lowest BCUT2D eigenvalue weighted by atomic mass is 9.85. The Hall–Kier alpha value is -1.54. The summed E-state index contributed by atoms with van der Waals surface area (Å²) in [6.07, 6.45) is -4.59. The molecule has 2 atom stereocenters. The maximum Gasteiger partial charge on any atom is 0.394 e. The average molecular weight is 284 g/mol. The molecule has 0 unspecified atom stereocenters. The van der Waals surface area contributed by atoms with Gasteiger partial charge in [0, 0.05) is 6.04 Å². The SMILES string of the molecule is C[C@@H](N[C@@H](C#N)CC(C)(C)C(F)(F)F)c1ccccc1. The summed E-state index contributed by atoms with van der Waals surface area (Å²) < 4.78 is 38.6. The minimum Gasteiger partial charge on any atom is -0.295 e. The van der Waals surface area contributed by atoms with Crippen LogP contribution in [-0.2, 0) is 0 Å². The molecule has 0 saturated heterocycles. The second-order valence-corrected chi connectivity index (χ2v) is 5.57. The van der Waals surface area contributed by atoms with Crippen molar-refractivity contribution in [1.29, 1.82) is 5.26 Å². The Bertz CT molecular complexity index is 460. The molecular weight excluding hydrogens is 265 g/mol. The largest absolute Gasteiger partial charge is 0.394 e. The summed E-state index contributed by atoms with van der Waals surface area (Å²) in [7, 11) is 0. The molecule has 0 fully saturated rings. The molecule has 0 radical (unpaired) electrons. The molecule has 1 aromatic carbocycles. The van der Waals surface area contributed by atoms with Crippen LogP contribution in [0.5, 0.6) is 0 Å². The van der Waals surface area contributed by atoms with Gasteiger partial charge in [-0.1, -0.05) is 44.2 Å². The van der Waals surface area contributed by atoms with Crippen molar-refractivity contribution in [2.45, 2.75) is 45.5 Å². The Labute approximate surface area is 117 Å². The highest BCUT2D eigenvalue weighted by Gasteiger charge is 2.48. The predicted octanol–water partition coefficient (Wildman–Crippen LogP) is 4.21. The number of halogens is 3. The zero-order chi connectivity index (χ0) is 15.4. The summed E-state index contributed by atoms with van der Waals surface area (Å²) in [5, 5.41) is 12.0. The molecule has 0 heterocycles. The van der Waals surface area contributed by atoms with Crippen LogP contribution < -0.4 is 5.32 Å². The second kappa shape index (κ2) is 6.27. The third-order valence-electron chi connectivity index (χ3n) is 3.39. The molecule has 0 aliphatic carbocycles.